The molecule has 0 spiro atoms. The summed E-state index contributed by atoms with van der Waals surface area (Å²) in [5, 5.41) is 1.52. The van der Waals surface area contributed by atoms with Gasteiger partial charge >= 0.3 is 0 Å². The highest BCUT2D eigenvalue weighted by molar-refractivity contribution is 7.74. The van der Waals surface area contributed by atoms with Crippen molar-refractivity contribution < 1.29 is 33.0 Å². The van der Waals surface area contributed by atoms with Crippen molar-refractivity contribution in [2.75, 3.05) is 27.4 Å². The SMILES string of the molecule is COc1cccc2c1[P@](=O)(C(C)(C)C)[C@@H](C(C)(C)C1=N[C@H](C(C)C)CO1)O2.COc1cccc2c1[P@](C(C)(C)C)[C@@H](C(C)(C)C1=N[C@H](C(C)C)CO1)O2. The van der Waals surface area contributed by atoms with E-state index in [1.54, 1.807) is 14.2 Å². The maximum absolute atomic E-state index is 14.7. The molecule has 11 heteroatoms. The molecule has 294 valence electrons. The van der Waals surface area contributed by atoms with Crippen LogP contribution in [0.3, 0.4) is 0 Å². The van der Waals surface area contributed by atoms with Gasteiger partial charge in [-0.15, -0.1) is 0 Å². The first-order valence-corrected chi connectivity index (χ1v) is 22.2. The van der Waals surface area contributed by atoms with Gasteiger partial charge in [0.2, 0.25) is 0 Å². The highest BCUT2D eigenvalue weighted by Gasteiger charge is 2.61. The van der Waals surface area contributed by atoms with Gasteiger partial charge in [-0.1, -0.05) is 81.4 Å². The summed E-state index contributed by atoms with van der Waals surface area (Å²) in [4.78, 5) is 9.74. The zero-order valence-electron chi connectivity index (χ0n) is 35.0. The smallest absolute Gasteiger partial charge is 0.193 e. The van der Waals surface area contributed by atoms with E-state index in [1.807, 2.05) is 65.0 Å². The second-order valence-corrected chi connectivity index (χ2v) is 25.1. The van der Waals surface area contributed by atoms with E-state index in [0.717, 1.165) is 17.4 Å². The molecule has 0 saturated carbocycles. The van der Waals surface area contributed by atoms with Gasteiger partial charge in [-0.3, -0.25) is 0 Å². The first-order valence-electron chi connectivity index (χ1n) is 19.0. The lowest BCUT2D eigenvalue weighted by molar-refractivity contribution is 0.167. The summed E-state index contributed by atoms with van der Waals surface area (Å²) in [5.74, 6) is 4.95. The molecule has 0 fully saturated rings. The van der Waals surface area contributed by atoms with Crippen LogP contribution in [0.1, 0.15) is 96.9 Å². The number of benzene rings is 2. The Morgan fingerprint density at radius 3 is 1.66 bits per heavy atom. The fraction of sp³-hybridized carbons (Fsp3) is 0.667. The number of rotatable bonds is 8. The second kappa shape index (κ2) is 14.7. The molecule has 2 aromatic rings. The van der Waals surface area contributed by atoms with Crippen LogP contribution in [0.25, 0.3) is 0 Å². The topological polar surface area (TPSA) is 97.2 Å². The molecule has 2 aromatic carbocycles. The van der Waals surface area contributed by atoms with Gasteiger partial charge in [-0.25, -0.2) is 9.98 Å². The van der Waals surface area contributed by atoms with Crippen molar-refractivity contribution in [2.24, 2.45) is 32.7 Å². The van der Waals surface area contributed by atoms with Gasteiger partial charge in [0, 0.05) is 5.16 Å². The molecule has 4 aliphatic heterocycles. The van der Waals surface area contributed by atoms with Gasteiger partial charge in [0.25, 0.3) is 0 Å². The van der Waals surface area contributed by atoms with Crippen LogP contribution in [0.2, 0.25) is 0 Å². The summed E-state index contributed by atoms with van der Waals surface area (Å²) in [6.45, 7) is 31.3. The minimum atomic E-state index is -3.03. The third-order valence-electron chi connectivity index (χ3n) is 10.9. The van der Waals surface area contributed by atoms with Gasteiger partial charge in [0.05, 0.1) is 47.7 Å². The molecule has 0 saturated heterocycles. The minimum Gasteiger partial charge on any atom is -0.496 e. The van der Waals surface area contributed by atoms with Gasteiger partial charge in [-0.05, 0) is 76.9 Å². The monoisotopic (exact) mass is 770 g/mol. The van der Waals surface area contributed by atoms with Crippen LogP contribution >= 0.6 is 15.1 Å². The predicted molar refractivity (Wildman–Crippen MR) is 220 cm³/mol. The van der Waals surface area contributed by atoms with Crippen molar-refractivity contribution in [1.82, 2.24) is 0 Å². The number of ether oxygens (including phenoxy) is 6. The molecule has 6 atom stereocenters. The van der Waals surface area contributed by atoms with Crippen LogP contribution in [0.15, 0.2) is 46.4 Å². The second-order valence-electron chi connectivity index (χ2n) is 18.5. The average molecular weight is 771 g/mol. The Morgan fingerprint density at radius 1 is 0.717 bits per heavy atom. The highest BCUT2D eigenvalue weighted by atomic mass is 31.2. The van der Waals surface area contributed by atoms with Crippen molar-refractivity contribution in [1.29, 1.82) is 0 Å². The minimum absolute atomic E-state index is 0.00784. The first-order chi connectivity index (χ1) is 24.5. The highest BCUT2D eigenvalue weighted by Crippen LogP contribution is 2.70. The maximum Gasteiger partial charge on any atom is 0.193 e. The summed E-state index contributed by atoms with van der Waals surface area (Å²) in [7, 11) is -0.320. The Balaban J connectivity index is 0.000000204. The van der Waals surface area contributed by atoms with Crippen molar-refractivity contribution >= 4 is 37.5 Å². The quantitative estimate of drug-likeness (QED) is 0.247. The molecule has 4 aliphatic rings. The number of hydrogen-bond donors (Lipinski definition) is 0. The summed E-state index contributed by atoms with van der Waals surface area (Å²) >= 11 is 0. The molecule has 6 rings (SSSR count). The van der Waals surface area contributed by atoms with E-state index in [0.29, 0.717) is 47.8 Å². The van der Waals surface area contributed by atoms with E-state index in [4.69, 9.17) is 38.4 Å². The van der Waals surface area contributed by atoms with Gasteiger partial charge < -0.3 is 33.0 Å². The summed E-state index contributed by atoms with van der Waals surface area (Å²) in [6, 6.07) is 12.1. The molecule has 0 unspecified atom stereocenters. The Labute approximate surface area is 320 Å². The fourth-order valence-electron chi connectivity index (χ4n) is 7.52. The molecule has 0 aromatic heterocycles. The number of aliphatic imine (C=N–C) groups is 2. The van der Waals surface area contributed by atoms with Crippen LogP contribution in [-0.2, 0) is 14.0 Å². The van der Waals surface area contributed by atoms with Gasteiger partial charge in [0.15, 0.2) is 24.8 Å². The van der Waals surface area contributed by atoms with Crippen molar-refractivity contribution in [3.05, 3.63) is 36.4 Å². The molecule has 0 radical (unpaired) electrons. The Hall–Kier alpha value is -2.76. The standard InChI is InChI=1S/C21H32NO4P.C21H32NO3P/c1-13(2)14-12-25-18(22-14)21(6,7)19-26-16-11-9-10-15(24-8)17(16)27(19,23)20(3,4)5;1-13(2)14-12-24-18(22-14)21(6,7)19-25-16-11-9-10-15(23-8)17(16)26(19)20(3,4)5/h9-11,13-14,19H,12H2,1-8H3;9-11,13-14,19H,12H2,1-8H3/t14-,19-,27+;14-,19-,26-/m00/s1. The van der Waals surface area contributed by atoms with Crippen LogP contribution < -0.4 is 29.6 Å². The summed E-state index contributed by atoms with van der Waals surface area (Å²) < 4.78 is 50.9. The van der Waals surface area contributed by atoms with Crippen molar-refractivity contribution in [2.45, 2.75) is 131 Å². The van der Waals surface area contributed by atoms with E-state index in [2.05, 4.69) is 68.4 Å². The summed E-state index contributed by atoms with van der Waals surface area (Å²) in [6.07, 6.45) is 0. The normalized spacial score (nSPS) is 26.7. The Bertz CT molecular complexity index is 1770. The van der Waals surface area contributed by atoms with Crippen LogP contribution in [0.4, 0.5) is 0 Å². The average Bonchev–Trinajstić information content (AvgIpc) is 3.88. The van der Waals surface area contributed by atoms with E-state index in [-0.39, 0.29) is 28.5 Å². The molecule has 0 aliphatic carbocycles. The lowest BCUT2D eigenvalue weighted by Gasteiger charge is -2.39. The van der Waals surface area contributed by atoms with Gasteiger partial charge in [0.1, 0.15) is 42.1 Å². The van der Waals surface area contributed by atoms with E-state index in [1.165, 1.54) is 5.30 Å². The molecule has 0 bridgehead atoms. The molecule has 9 nitrogen and oxygen atoms in total. The third-order valence-corrected chi connectivity index (χ3v) is 19.0. The molecule has 4 heterocycles. The van der Waals surface area contributed by atoms with E-state index >= 15 is 0 Å². The lowest BCUT2D eigenvalue weighted by atomic mass is 9.94. The zero-order chi connectivity index (χ0) is 39.5. The fourth-order valence-corrected chi connectivity index (χ4v) is 14.7. The molecular formula is C42H64N2O7P2. The lowest BCUT2D eigenvalue weighted by Crippen LogP contribution is -2.43. The van der Waals surface area contributed by atoms with E-state index < -0.39 is 31.5 Å². The zero-order valence-corrected chi connectivity index (χ0v) is 36.8. The van der Waals surface area contributed by atoms with Gasteiger partial charge in [-0.2, -0.15) is 0 Å². The number of methoxy groups -OCH3 is 2. The van der Waals surface area contributed by atoms with Crippen LogP contribution in [-0.4, -0.2) is 73.3 Å². The first kappa shape index (κ1) is 41.4. The molecule has 53 heavy (non-hydrogen) atoms. The molecular weight excluding hydrogens is 706 g/mol. The number of fused-ring (bicyclic) bond motifs is 2. The maximum atomic E-state index is 14.7. The Kier molecular flexibility index (Phi) is 11.5. The molecule has 0 amide bonds. The Morgan fingerprint density at radius 2 is 1.21 bits per heavy atom. The van der Waals surface area contributed by atoms with Crippen molar-refractivity contribution in [3.63, 3.8) is 0 Å². The summed E-state index contributed by atoms with van der Waals surface area (Å²) in [5.41, 5.74) is -0.927. The predicted octanol–water partition coefficient (Wildman–Crippen LogP) is 9.48. The van der Waals surface area contributed by atoms with E-state index in [9.17, 15) is 4.57 Å². The van der Waals surface area contributed by atoms with Crippen LogP contribution in [0.5, 0.6) is 23.0 Å². The number of hydrogen-bond acceptors (Lipinski definition) is 9. The molecule has 0 N–H and O–H groups in total. The van der Waals surface area contributed by atoms with Crippen molar-refractivity contribution in [3.8, 4) is 23.0 Å². The number of nitrogens with zero attached hydrogens (tertiary/aromatic N) is 2. The third kappa shape index (κ3) is 7.35. The van der Waals surface area contributed by atoms with Crippen LogP contribution in [0, 0.1) is 22.7 Å². The largest absolute Gasteiger partial charge is 0.496 e.